The summed E-state index contributed by atoms with van der Waals surface area (Å²) < 4.78 is 1.09. The van der Waals surface area contributed by atoms with Gasteiger partial charge in [-0.3, -0.25) is 0 Å². The van der Waals surface area contributed by atoms with E-state index in [0.29, 0.717) is 6.04 Å². The van der Waals surface area contributed by atoms with Crippen molar-refractivity contribution in [1.29, 1.82) is 0 Å². The Hall–Kier alpha value is -0.0600. The van der Waals surface area contributed by atoms with E-state index in [1.165, 1.54) is 11.1 Å². The Morgan fingerprint density at radius 3 is 2.76 bits per heavy atom. The van der Waals surface area contributed by atoms with Crippen LogP contribution in [0.4, 0.5) is 0 Å². The summed E-state index contributed by atoms with van der Waals surface area (Å²) in [6, 6.07) is 6.59. The summed E-state index contributed by atoms with van der Waals surface area (Å²) in [6.07, 6.45) is 2.09. The Bertz CT molecular complexity index is 390. The molecule has 1 N–H and O–H groups in total. The van der Waals surface area contributed by atoms with Crippen LogP contribution >= 0.6 is 34.2 Å². The van der Waals surface area contributed by atoms with E-state index in [2.05, 4.69) is 66.5 Å². The zero-order chi connectivity index (χ0) is 12.8. The summed E-state index contributed by atoms with van der Waals surface area (Å²) in [4.78, 5) is 0. The highest BCUT2D eigenvalue weighted by molar-refractivity contribution is 14.1. The molecular formula is C14H19ClIN. The molecule has 0 aromatic heterocycles. The molecular weight excluding hydrogens is 345 g/mol. The van der Waals surface area contributed by atoms with E-state index in [1.807, 2.05) is 0 Å². The van der Waals surface area contributed by atoms with Crippen LogP contribution in [0.15, 0.2) is 30.4 Å². The van der Waals surface area contributed by atoms with Crippen LogP contribution in [0.5, 0.6) is 0 Å². The van der Waals surface area contributed by atoms with Gasteiger partial charge in [-0.05, 0) is 66.6 Å². The lowest BCUT2D eigenvalue weighted by atomic mass is 10.0. The van der Waals surface area contributed by atoms with Crippen molar-refractivity contribution in [3.63, 3.8) is 0 Å². The van der Waals surface area contributed by atoms with Crippen molar-refractivity contribution >= 4 is 34.2 Å². The zero-order valence-electron chi connectivity index (χ0n) is 10.4. The second kappa shape index (κ2) is 7.39. The number of halogens is 2. The Labute approximate surface area is 123 Å². The van der Waals surface area contributed by atoms with Crippen molar-refractivity contribution in [3.05, 3.63) is 44.5 Å². The Morgan fingerprint density at radius 2 is 2.24 bits per heavy atom. The molecule has 0 radical (unpaired) electrons. The van der Waals surface area contributed by atoms with Gasteiger partial charge in [0.1, 0.15) is 0 Å². The smallest absolute Gasteiger partial charge is 0.0542 e. The molecule has 1 aromatic rings. The third kappa shape index (κ3) is 4.98. The molecule has 94 valence electrons. The fourth-order valence-corrected chi connectivity index (χ4v) is 2.23. The minimum atomic E-state index is 0.321. The van der Waals surface area contributed by atoms with Gasteiger partial charge < -0.3 is 5.32 Å². The van der Waals surface area contributed by atoms with Gasteiger partial charge in [-0.2, -0.15) is 0 Å². The Morgan fingerprint density at radius 1 is 1.53 bits per heavy atom. The molecule has 0 saturated heterocycles. The zero-order valence-corrected chi connectivity index (χ0v) is 13.3. The van der Waals surface area contributed by atoms with E-state index < -0.39 is 0 Å². The first kappa shape index (κ1) is 15.0. The molecule has 17 heavy (non-hydrogen) atoms. The molecule has 3 heteroatoms. The highest BCUT2D eigenvalue weighted by Crippen LogP contribution is 2.26. The van der Waals surface area contributed by atoms with Gasteiger partial charge in [-0.25, -0.2) is 0 Å². The van der Waals surface area contributed by atoms with E-state index in [-0.39, 0.29) is 0 Å². The predicted molar refractivity (Wildman–Crippen MR) is 84.6 cm³/mol. The summed E-state index contributed by atoms with van der Waals surface area (Å²) in [5.74, 6) is 0. The molecule has 1 rings (SSSR count). The van der Waals surface area contributed by atoms with E-state index in [0.717, 1.165) is 28.0 Å². The normalized spacial score (nSPS) is 12.5. The summed E-state index contributed by atoms with van der Waals surface area (Å²) in [5, 5.41) is 4.37. The minimum Gasteiger partial charge on any atom is -0.310 e. The van der Waals surface area contributed by atoms with Gasteiger partial charge in [0.05, 0.1) is 5.02 Å². The molecule has 0 bridgehead atoms. The lowest BCUT2D eigenvalue weighted by Gasteiger charge is -2.19. The monoisotopic (exact) mass is 363 g/mol. The van der Waals surface area contributed by atoms with Crippen LogP contribution in [-0.4, -0.2) is 6.54 Å². The van der Waals surface area contributed by atoms with E-state index in [1.54, 1.807) is 0 Å². The maximum absolute atomic E-state index is 6.17. The molecule has 0 spiro atoms. The SMILES string of the molecule is C=C(C)CC(NCCC)c1ccc(I)c(Cl)c1. The highest BCUT2D eigenvalue weighted by atomic mass is 127. The van der Waals surface area contributed by atoms with Crippen molar-refractivity contribution in [2.75, 3.05) is 6.54 Å². The van der Waals surface area contributed by atoms with Crippen LogP contribution in [0.3, 0.4) is 0 Å². The largest absolute Gasteiger partial charge is 0.310 e. The van der Waals surface area contributed by atoms with E-state index in [4.69, 9.17) is 11.6 Å². The van der Waals surface area contributed by atoms with Gasteiger partial charge in [-0.1, -0.05) is 30.2 Å². The second-order valence-electron chi connectivity index (χ2n) is 4.34. The first-order valence-corrected chi connectivity index (χ1v) is 7.33. The number of hydrogen-bond acceptors (Lipinski definition) is 1. The van der Waals surface area contributed by atoms with E-state index in [9.17, 15) is 0 Å². The van der Waals surface area contributed by atoms with Crippen LogP contribution < -0.4 is 5.32 Å². The molecule has 1 unspecified atom stereocenters. The van der Waals surface area contributed by atoms with E-state index >= 15 is 0 Å². The van der Waals surface area contributed by atoms with Crippen molar-refractivity contribution < 1.29 is 0 Å². The maximum atomic E-state index is 6.17. The van der Waals surface area contributed by atoms with Crippen molar-refractivity contribution in [1.82, 2.24) is 5.32 Å². The molecule has 1 nitrogen and oxygen atoms in total. The van der Waals surface area contributed by atoms with Crippen molar-refractivity contribution in [2.24, 2.45) is 0 Å². The van der Waals surface area contributed by atoms with Gasteiger partial charge >= 0.3 is 0 Å². The van der Waals surface area contributed by atoms with Crippen LogP contribution in [0, 0.1) is 3.57 Å². The topological polar surface area (TPSA) is 12.0 Å². The summed E-state index contributed by atoms with van der Waals surface area (Å²) >= 11 is 8.42. The third-order valence-electron chi connectivity index (χ3n) is 2.54. The lowest BCUT2D eigenvalue weighted by molar-refractivity contribution is 0.528. The van der Waals surface area contributed by atoms with Gasteiger partial charge in [0.2, 0.25) is 0 Å². The molecule has 0 fully saturated rings. The predicted octanol–water partition coefficient (Wildman–Crippen LogP) is 4.95. The molecule has 0 aliphatic carbocycles. The molecule has 1 atom stereocenters. The van der Waals surface area contributed by atoms with Gasteiger partial charge in [0, 0.05) is 9.61 Å². The van der Waals surface area contributed by atoms with Crippen LogP contribution in [-0.2, 0) is 0 Å². The molecule has 0 aliphatic rings. The van der Waals surface area contributed by atoms with Gasteiger partial charge in [0.25, 0.3) is 0 Å². The Kier molecular flexibility index (Phi) is 6.52. The fraction of sp³-hybridized carbons (Fsp3) is 0.429. The fourth-order valence-electron chi connectivity index (χ4n) is 1.70. The summed E-state index contributed by atoms with van der Waals surface area (Å²) in [6.45, 7) is 9.25. The first-order chi connectivity index (χ1) is 8.04. The highest BCUT2D eigenvalue weighted by Gasteiger charge is 2.12. The van der Waals surface area contributed by atoms with Crippen LogP contribution in [0.1, 0.15) is 38.3 Å². The second-order valence-corrected chi connectivity index (χ2v) is 5.91. The number of rotatable bonds is 6. The van der Waals surface area contributed by atoms with Gasteiger partial charge in [-0.15, -0.1) is 6.58 Å². The average molecular weight is 364 g/mol. The maximum Gasteiger partial charge on any atom is 0.0542 e. The number of benzene rings is 1. The third-order valence-corrected chi connectivity index (χ3v) is 4.11. The van der Waals surface area contributed by atoms with Crippen LogP contribution in [0.25, 0.3) is 0 Å². The molecule has 0 aliphatic heterocycles. The van der Waals surface area contributed by atoms with Crippen LogP contribution in [0.2, 0.25) is 5.02 Å². The Balaban J connectivity index is 2.86. The van der Waals surface area contributed by atoms with Crippen molar-refractivity contribution in [3.8, 4) is 0 Å². The molecule has 0 heterocycles. The lowest BCUT2D eigenvalue weighted by Crippen LogP contribution is -2.22. The van der Waals surface area contributed by atoms with Crippen molar-refractivity contribution in [2.45, 2.75) is 32.7 Å². The molecule has 0 amide bonds. The summed E-state index contributed by atoms with van der Waals surface area (Å²) in [5.41, 5.74) is 2.43. The number of hydrogen-bond donors (Lipinski definition) is 1. The standard InChI is InChI=1S/C14H19ClIN/c1-4-7-17-14(8-10(2)3)11-5-6-13(16)12(15)9-11/h5-6,9,14,17H,2,4,7-8H2,1,3H3. The molecule has 1 aromatic carbocycles. The average Bonchev–Trinajstić information content (AvgIpc) is 2.27. The summed E-state index contributed by atoms with van der Waals surface area (Å²) in [7, 11) is 0. The van der Waals surface area contributed by atoms with Gasteiger partial charge in [0.15, 0.2) is 0 Å². The minimum absolute atomic E-state index is 0.321. The molecule has 0 saturated carbocycles. The number of nitrogens with one attached hydrogen (secondary N) is 1. The first-order valence-electron chi connectivity index (χ1n) is 5.87. The quantitative estimate of drug-likeness (QED) is 0.557.